The summed E-state index contributed by atoms with van der Waals surface area (Å²) in [6.07, 6.45) is 2.57. The predicted molar refractivity (Wildman–Crippen MR) is 80.2 cm³/mol. The van der Waals surface area contributed by atoms with Gasteiger partial charge in [-0.2, -0.15) is 0 Å². The van der Waals surface area contributed by atoms with Crippen LogP contribution in [-0.2, 0) is 0 Å². The van der Waals surface area contributed by atoms with Crippen LogP contribution in [0.25, 0.3) is 0 Å². The molecule has 1 N–H and O–H groups in total. The third-order valence-electron chi connectivity index (χ3n) is 3.80. The van der Waals surface area contributed by atoms with E-state index in [0.29, 0.717) is 30.8 Å². The second kappa shape index (κ2) is 6.75. The molecule has 4 heteroatoms. The Morgan fingerprint density at radius 1 is 1.40 bits per heavy atom. The number of rotatable bonds is 7. The quantitative estimate of drug-likeness (QED) is 0.831. The second-order valence-electron chi connectivity index (χ2n) is 5.41. The number of benzene rings is 1. The van der Waals surface area contributed by atoms with Crippen molar-refractivity contribution < 1.29 is 9.53 Å². The molecule has 1 amide bonds. The van der Waals surface area contributed by atoms with E-state index in [0.717, 1.165) is 5.75 Å². The minimum atomic E-state index is -0.0240. The summed E-state index contributed by atoms with van der Waals surface area (Å²) in [5.74, 6) is 0.773. The Bertz CT molecular complexity index is 440. The molecule has 0 aliphatic heterocycles. The van der Waals surface area contributed by atoms with Crippen LogP contribution in [0.3, 0.4) is 0 Å². The van der Waals surface area contributed by atoms with E-state index in [1.165, 1.54) is 12.8 Å². The van der Waals surface area contributed by atoms with E-state index in [2.05, 4.69) is 24.2 Å². The Labute approximate surface area is 121 Å². The number of nitrogens with zero attached hydrogens (tertiary/aromatic N) is 1. The molecule has 1 aliphatic carbocycles. The SMILES string of the molecule is CCOc1ccc(C(=O)NC[C@H](C)N(C)C2CC2)cc1. The van der Waals surface area contributed by atoms with E-state index in [1.807, 2.05) is 19.1 Å². The molecule has 0 heterocycles. The molecule has 1 aromatic rings. The van der Waals surface area contributed by atoms with Gasteiger partial charge in [-0.1, -0.05) is 0 Å². The number of hydrogen-bond donors (Lipinski definition) is 1. The van der Waals surface area contributed by atoms with Crippen LogP contribution < -0.4 is 10.1 Å². The molecule has 4 nitrogen and oxygen atoms in total. The molecule has 2 rings (SSSR count). The van der Waals surface area contributed by atoms with E-state index >= 15 is 0 Å². The molecule has 0 radical (unpaired) electrons. The van der Waals surface area contributed by atoms with E-state index in [-0.39, 0.29) is 5.91 Å². The van der Waals surface area contributed by atoms with Crippen LogP contribution in [0.2, 0.25) is 0 Å². The van der Waals surface area contributed by atoms with Gasteiger partial charge in [0.1, 0.15) is 5.75 Å². The summed E-state index contributed by atoms with van der Waals surface area (Å²) >= 11 is 0. The highest BCUT2D eigenvalue weighted by molar-refractivity contribution is 5.94. The highest BCUT2D eigenvalue weighted by atomic mass is 16.5. The minimum Gasteiger partial charge on any atom is -0.494 e. The van der Waals surface area contributed by atoms with E-state index in [1.54, 1.807) is 12.1 Å². The number of nitrogens with one attached hydrogen (secondary N) is 1. The molecule has 20 heavy (non-hydrogen) atoms. The van der Waals surface area contributed by atoms with Gasteiger partial charge in [-0.25, -0.2) is 0 Å². The summed E-state index contributed by atoms with van der Waals surface area (Å²) in [4.78, 5) is 14.4. The number of carbonyl (C=O) groups is 1. The first-order valence-corrected chi connectivity index (χ1v) is 7.34. The molecule has 110 valence electrons. The van der Waals surface area contributed by atoms with Crippen LogP contribution in [0.1, 0.15) is 37.0 Å². The zero-order chi connectivity index (χ0) is 14.5. The predicted octanol–water partition coefficient (Wildman–Crippen LogP) is 2.30. The zero-order valence-electron chi connectivity index (χ0n) is 12.6. The van der Waals surface area contributed by atoms with E-state index < -0.39 is 0 Å². The lowest BCUT2D eigenvalue weighted by Crippen LogP contribution is -2.41. The summed E-state index contributed by atoms with van der Waals surface area (Å²) in [7, 11) is 2.13. The van der Waals surface area contributed by atoms with Gasteiger partial charge in [-0.05, 0) is 58.0 Å². The monoisotopic (exact) mass is 276 g/mol. The lowest BCUT2D eigenvalue weighted by Gasteiger charge is -2.24. The van der Waals surface area contributed by atoms with Crippen molar-refractivity contribution >= 4 is 5.91 Å². The van der Waals surface area contributed by atoms with Gasteiger partial charge in [0.2, 0.25) is 0 Å². The van der Waals surface area contributed by atoms with Crippen LogP contribution in [0.15, 0.2) is 24.3 Å². The van der Waals surface area contributed by atoms with Crippen LogP contribution in [-0.4, -0.2) is 43.1 Å². The Balaban J connectivity index is 1.81. The van der Waals surface area contributed by atoms with Crippen LogP contribution in [0.4, 0.5) is 0 Å². The third-order valence-corrected chi connectivity index (χ3v) is 3.80. The summed E-state index contributed by atoms with van der Waals surface area (Å²) in [5, 5.41) is 2.99. The first-order chi connectivity index (χ1) is 9.61. The smallest absolute Gasteiger partial charge is 0.251 e. The highest BCUT2D eigenvalue weighted by Crippen LogP contribution is 2.26. The molecule has 1 fully saturated rings. The lowest BCUT2D eigenvalue weighted by molar-refractivity contribution is 0.0939. The summed E-state index contributed by atoms with van der Waals surface area (Å²) in [6.45, 7) is 5.41. The zero-order valence-corrected chi connectivity index (χ0v) is 12.6. The average molecular weight is 276 g/mol. The van der Waals surface area contributed by atoms with Gasteiger partial charge in [-0.3, -0.25) is 9.69 Å². The van der Waals surface area contributed by atoms with Gasteiger partial charge < -0.3 is 10.1 Å². The Hall–Kier alpha value is -1.55. The van der Waals surface area contributed by atoms with Crippen molar-refractivity contribution in [3.63, 3.8) is 0 Å². The van der Waals surface area contributed by atoms with Crippen molar-refractivity contribution in [2.45, 2.75) is 38.8 Å². The van der Waals surface area contributed by atoms with E-state index in [4.69, 9.17) is 4.74 Å². The molecule has 0 aromatic heterocycles. The summed E-state index contributed by atoms with van der Waals surface area (Å²) in [5.41, 5.74) is 0.676. The number of ether oxygens (including phenoxy) is 1. The maximum absolute atomic E-state index is 12.1. The molecule has 1 aliphatic rings. The Kier molecular flexibility index (Phi) is 5.01. The fourth-order valence-corrected chi connectivity index (χ4v) is 2.20. The van der Waals surface area contributed by atoms with Gasteiger partial charge in [0, 0.05) is 24.2 Å². The number of likely N-dealkylation sites (N-methyl/N-ethyl adjacent to an activating group) is 1. The average Bonchev–Trinajstić information content (AvgIpc) is 3.29. The molecule has 1 saturated carbocycles. The van der Waals surface area contributed by atoms with Crippen LogP contribution >= 0.6 is 0 Å². The fraction of sp³-hybridized carbons (Fsp3) is 0.562. The standard InChI is InChI=1S/C16H24N2O2/c1-4-20-15-9-5-13(6-10-15)16(19)17-11-12(2)18(3)14-7-8-14/h5-6,9-10,12,14H,4,7-8,11H2,1-3H3,(H,17,19)/t12-/m0/s1. The lowest BCUT2D eigenvalue weighted by atomic mass is 10.2. The molecule has 0 bridgehead atoms. The summed E-state index contributed by atoms with van der Waals surface area (Å²) < 4.78 is 5.37. The van der Waals surface area contributed by atoms with Crippen molar-refractivity contribution in [2.75, 3.05) is 20.2 Å². The van der Waals surface area contributed by atoms with Gasteiger partial charge in [-0.15, -0.1) is 0 Å². The van der Waals surface area contributed by atoms with Gasteiger partial charge in [0.25, 0.3) is 5.91 Å². The number of carbonyl (C=O) groups excluding carboxylic acids is 1. The van der Waals surface area contributed by atoms with E-state index in [9.17, 15) is 4.79 Å². The molecule has 0 spiro atoms. The van der Waals surface area contributed by atoms with Crippen molar-refractivity contribution in [3.8, 4) is 5.75 Å². The molecule has 0 saturated heterocycles. The van der Waals surface area contributed by atoms with Gasteiger partial charge in [0.15, 0.2) is 0 Å². The van der Waals surface area contributed by atoms with Crippen molar-refractivity contribution in [3.05, 3.63) is 29.8 Å². The molecule has 0 unspecified atom stereocenters. The van der Waals surface area contributed by atoms with Gasteiger partial charge in [0.05, 0.1) is 6.61 Å². The normalized spacial score (nSPS) is 16.0. The van der Waals surface area contributed by atoms with Crippen molar-refractivity contribution in [1.29, 1.82) is 0 Å². The highest BCUT2D eigenvalue weighted by Gasteiger charge is 2.29. The molecule has 1 aromatic carbocycles. The first kappa shape index (κ1) is 14.9. The maximum atomic E-state index is 12.1. The van der Waals surface area contributed by atoms with Gasteiger partial charge >= 0.3 is 0 Å². The number of hydrogen-bond acceptors (Lipinski definition) is 3. The minimum absolute atomic E-state index is 0.0240. The van der Waals surface area contributed by atoms with Crippen molar-refractivity contribution in [1.82, 2.24) is 10.2 Å². The summed E-state index contributed by atoms with van der Waals surface area (Å²) in [6, 6.07) is 8.35. The molecular weight excluding hydrogens is 252 g/mol. The van der Waals surface area contributed by atoms with Crippen molar-refractivity contribution in [2.24, 2.45) is 0 Å². The Morgan fingerprint density at radius 2 is 2.05 bits per heavy atom. The Morgan fingerprint density at radius 3 is 2.60 bits per heavy atom. The number of amides is 1. The first-order valence-electron chi connectivity index (χ1n) is 7.34. The van der Waals surface area contributed by atoms with Crippen LogP contribution in [0, 0.1) is 0 Å². The molecule has 1 atom stereocenters. The fourth-order valence-electron chi connectivity index (χ4n) is 2.20. The largest absolute Gasteiger partial charge is 0.494 e. The topological polar surface area (TPSA) is 41.6 Å². The van der Waals surface area contributed by atoms with Crippen LogP contribution in [0.5, 0.6) is 5.75 Å². The second-order valence-corrected chi connectivity index (χ2v) is 5.41. The maximum Gasteiger partial charge on any atom is 0.251 e. The third kappa shape index (κ3) is 3.97. The molecular formula is C16H24N2O2.